The van der Waals surface area contributed by atoms with Crippen molar-refractivity contribution in [2.45, 2.75) is 56.8 Å². The molecule has 0 bridgehead atoms. The van der Waals surface area contributed by atoms with Crippen LogP contribution in [0.3, 0.4) is 0 Å². The Morgan fingerprint density at radius 1 is 1.13 bits per heavy atom. The second kappa shape index (κ2) is 8.84. The highest BCUT2D eigenvalue weighted by Gasteiger charge is 2.47. The molecule has 11 heteroatoms. The molecule has 0 radical (unpaired) electrons. The number of nitrogens with zero attached hydrogens (tertiary/aromatic N) is 4. The average molecular weight is 536 g/mol. The van der Waals surface area contributed by atoms with Gasteiger partial charge >= 0.3 is 6.55 Å². The molecule has 0 saturated carbocycles. The number of aromatic nitrogens is 2. The zero-order valence-electron chi connectivity index (χ0n) is 21.2. The number of alkyl halides is 2. The molecule has 0 unspecified atom stereocenters. The Kier molecular flexibility index (Phi) is 5.48. The molecule has 2 aromatic carbocycles. The van der Waals surface area contributed by atoms with Gasteiger partial charge < -0.3 is 9.64 Å². The quantitative estimate of drug-likeness (QED) is 0.516. The van der Waals surface area contributed by atoms with Crippen LogP contribution in [0.15, 0.2) is 36.5 Å². The highest BCUT2D eigenvalue weighted by Crippen LogP contribution is 2.49. The lowest BCUT2D eigenvalue weighted by molar-refractivity contribution is -0.136. The summed E-state index contributed by atoms with van der Waals surface area (Å²) in [4.78, 5) is 41.1. The zero-order chi connectivity index (χ0) is 26.9. The van der Waals surface area contributed by atoms with E-state index in [1.807, 2.05) is 30.3 Å². The van der Waals surface area contributed by atoms with Crippen LogP contribution in [0.1, 0.15) is 59.3 Å². The van der Waals surface area contributed by atoms with Gasteiger partial charge in [0.1, 0.15) is 11.8 Å². The van der Waals surface area contributed by atoms with E-state index in [4.69, 9.17) is 4.74 Å². The van der Waals surface area contributed by atoms with Crippen LogP contribution in [0.4, 0.5) is 8.78 Å². The van der Waals surface area contributed by atoms with Crippen LogP contribution in [0.2, 0.25) is 0 Å². The molecular formula is C28H27F2N5O4. The van der Waals surface area contributed by atoms with Crippen molar-refractivity contribution in [1.82, 2.24) is 24.9 Å². The van der Waals surface area contributed by atoms with Gasteiger partial charge in [-0.3, -0.25) is 24.6 Å². The first kappa shape index (κ1) is 24.2. The summed E-state index contributed by atoms with van der Waals surface area (Å²) in [5.41, 5.74) is 3.99. The lowest BCUT2D eigenvalue weighted by atomic mass is 9.74. The minimum Gasteiger partial charge on any atom is -0.492 e. The van der Waals surface area contributed by atoms with Crippen LogP contribution in [0.25, 0.3) is 10.9 Å². The number of hydrogen-bond acceptors (Lipinski definition) is 6. The van der Waals surface area contributed by atoms with E-state index in [1.165, 1.54) is 6.20 Å². The van der Waals surface area contributed by atoms with Crippen molar-refractivity contribution in [3.8, 4) is 5.75 Å². The van der Waals surface area contributed by atoms with Crippen molar-refractivity contribution in [3.63, 3.8) is 0 Å². The maximum Gasteiger partial charge on any atom is 0.333 e. The second-order valence-electron chi connectivity index (χ2n) is 11.0. The average Bonchev–Trinajstić information content (AvgIpc) is 3.60. The monoisotopic (exact) mass is 535 g/mol. The second-order valence-corrected chi connectivity index (χ2v) is 11.0. The van der Waals surface area contributed by atoms with E-state index in [9.17, 15) is 23.2 Å². The topological polar surface area (TPSA) is 96.8 Å². The van der Waals surface area contributed by atoms with E-state index in [1.54, 1.807) is 4.90 Å². The van der Waals surface area contributed by atoms with Crippen LogP contribution in [0, 0.1) is 0 Å². The summed E-state index contributed by atoms with van der Waals surface area (Å²) in [6, 6.07) is 8.89. The molecule has 1 spiro atoms. The minimum atomic E-state index is -2.66. The number of imide groups is 1. The molecule has 3 amide bonds. The molecule has 9 nitrogen and oxygen atoms in total. The number of rotatable bonds is 4. The lowest BCUT2D eigenvalue weighted by Gasteiger charge is -2.38. The number of piperidine rings is 2. The largest absolute Gasteiger partial charge is 0.492 e. The fraction of sp³-hybridized carbons (Fsp3) is 0.429. The number of halogens is 2. The van der Waals surface area contributed by atoms with Gasteiger partial charge in [0, 0.05) is 46.7 Å². The summed E-state index contributed by atoms with van der Waals surface area (Å²) in [5.74, 6) is -0.155. The third-order valence-electron chi connectivity index (χ3n) is 8.74. The van der Waals surface area contributed by atoms with Gasteiger partial charge in [0.15, 0.2) is 0 Å². The fourth-order valence-corrected chi connectivity index (χ4v) is 6.57. The van der Waals surface area contributed by atoms with E-state index >= 15 is 0 Å². The molecule has 2 saturated heterocycles. The summed E-state index contributed by atoms with van der Waals surface area (Å²) >= 11 is 0. The number of benzene rings is 2. The zero-order valence-corrected chi connectivity index (χ0v) is 21.2. The number of carbonyl (C=O) groups excluding carboxylic acids is 3. The highest BCUT2D eigenvalue weighted by molar-refractivity contribution is 6.05. The van der Waals surface area contributed by atoms with Gasteiger partial charge in [-0.2, -0.15) is 13.9 Å². The highest BCUT2D eigenvalue weighted by atomic mass is 19.3. The minimum absolute atomic E-state index is 0.133. The predicted octanol–water partition coefficient (Wildman–Crippen LogP) is 3.12. The third-order valence-corrected chi connectivity index (χ3v) is 8.74. The Balaban J connectivity index is 1.06. The molecule has 7 rings (SSSR count). The number of amides is 3. The first-order valence-electron chi connectivity index (χ1n) is 13.2. The van der Waals surface area contributed by atoms with Crippen molar-refractivity contribution in [1.29, 1.82) is 0 Å². The number of fused-ring (bicyclic) bond motifs is 5. The van der Waals surface area contributed by atoms with Gasteiger partial charge in [-0.25, -0.2) is 4.68 Å². The van der Waals surface area contributed by atoms with Gasteiger partial charge in [0.25, 0.3) is 5.91 Å². The van der Waals surface area contributed by atoms with Crippen LogP contribution in [-0.4, -0.2) is 63.0 Å². The molecule has 5 heterocycles. The molecule has 1 N–H and O–H groups in total. The van der Waals surface area contributed by atoms with Crippen LogP contribution >= 0.6 is 0 Å². The van der Waals surface area contributed by atoms with Gasteiger partial charge in [0.2, 0.25) is 11.8 Å². The molecule has 4 aliphatic heterocycles. The van der Waals surface area contributed by atoms with E-state index < -0.39 is 18.5 Å². The number of ether oxygens (including phenoxy) is 1. The van der Waals surface area contributed by atoms with Gasteiger partial charge in [-0.15, -0.1) is 0 Å². The number of hydrogen-bond donors (Lipinski definition) is 1. The third kappa shape index (κ3) is 3.90. The normalized spacial score (nSPS) is 22.5. The van der Waals surface area contributed by atoms with Crippen LogP contribution in [0.5, 0.6) is 5.75 Å². The summed E-state index contributed by atoms with van der Waals surface area (Å²) in [7, 11) is 0. The van der Waals surface area contributed by atoms with Crippen LogP contribution < -0.4 is 10.1 Å². The van der Waals surface area contributed by atoms with Crippen molar-refractivity contribution in [2.75, 3.05) is 19.7 Å². The molecule has 1 atom stereocenters. The lowest BCUT2D eigenvalue weighted by Crippen LogP contribution is -2.52. The Hall–Kier alpha value is -3.86. The van der Waals surface area contributed by atoms with Crippen molar-refractivity contribution >= 4 is 28.6 Å². The number of carbonyl (C=O) groups is 3. The van der Waals surface area contributed by atoms with Crippen molar-refractivity contribution < 1.29 is 27.9 Å². The maximum atomic E-state index is 13.2. The van der Waals surface area contributed by atoms with E-state index in [2.05, 4.69) is 15.3 Å². The molecule has 3 aromatic rings. The molecule has 2 fully saturated rings. The summed E-state index contributed by atoms with van der Waals surface area (Å²) in [6.07, 6.45) is 3.70. The summed E-state index contributed by atoms with van der Waals surface area (Å²) in [6.45, 7) is 0.609. The fourth-order valence-electron chi connectivity index (χ4n) is 6.57. The molecule has 0 aliphatic carbocycles. The van der Waals surface area contributed by atoms with E-state index in [0.29, 0.717) is 47.3 Å². The predicted molar refractivity (Wildman–Crippen MR) is 135 cm³/mol. The molecule has 4 aliphatic rings. The number of nitrogens with one attached hydrogen (secondary N) is 1. The van der Waals surface area contributed by atoms with Crippen molar-refractivity contribution in [2.24, 2.45) is 0 Å². The van der Waals surface area contributed by atoms with Crippen LogP contribution in [-0.2, 0) is 28.1 Å². The van der Waals surface area contributed by atoms with Gasteiger partial charge in [-0.05, 0) is 50.0 Å². The Morgan fingerprint density at radius 2 is 1.95 bits per heavy atom. The Bertz CT molecular complexity index is 1530. The SMILES string of the molecule is O=C1CC[C@H](N2Cc3c(ccc4c3OCC43CCN(Cc4ccc5cn(C(F)F)nc5c4)CC3)C2=O)C(=O)N1. The summed E-state index contributed by atoms with van der Waals surface area (Å²) in [5, 5.41) is 7.03. The molecule has 202 valence electrons. The smallest absolute Gasteiger partial charge is 0.333 e. The molecule has 1 aromatic heterocycles. The molecule has 39 heavy (non-hydrogen) atoms. The number of likely N-dealkylation sites (tertiary alicyclic amines) is 1. The maximum absolute atomic E-state index is 13.2. The van der Waals surface area contributed by atoms with Crippen molar-refractivity contribution in [3.05, 3.63) is 58.8 Å². The first-order valence-corrected chi connectivity index (χ1v) is 13.2. The Labute approximate surface area is 222 Å². The van der Waals surface area contributed by atoms with E-state index in [-0.39, 0.29) is 23.7 Å². The Morgan fingerprint density at radius 3 is 2.72 bits per heavy atom. The van der Waals surface area contributed by atoms with Gasteiger partial charge in [-0.1, -0.05) is 18.2 Å². The summed E-state index contributed by atoms with van der Waals surface area (Å²) < 4.78 is 32.9. The first-order chi connectivity index (χ1) is 18.8. The molecular weight excluding hydrogens is 508 g/mol. The standard InChI is InChI=1S/C28H27F2N5O4/c29-27(30)35-13-17-2-1-16(11-21(17)32-35)12-33-9-7-28(8-10-33)15-39-24-19-14-34(22-5-6-23(36)31-25(22)37)26(38)18(19)3-4-20(24)28/h1-4,11,13,22,27H,5-10,12,14-15H2,(H,31,36,37)/t22-/m0/s1. The van der Waals surface area contributed by atoms with E-state index in [0.717, 1.165) is 48.4 Å². The van der Waals surface area contributed by atoms with Gasteiger partial charge in [0.05, 0.1) is 18.7 Å².